The van der Waals surface area contributed by atoms with Gasteiger partial charge in [0.15, 0.2) is 5.78 Å². The van der Waals surface area contributed by atoms with Gasteiger partial charge in [-0.25, -0.2) is 4.98 Å². The van der Waals surface area contributed by atoms with E-state index < -0.39 is 0 Å². The molecule has 0 saturated carbocycles. The van der Waals surface area contributed by atoms with Crippen molar-refractivity contribution in [3.05, 3.63) is 41.7 Å². The van der Waals surface area contributed by atoms with Gasteiger partial charge in [0.25, 0.3) is 0 Å². The second-order valence-electron chi connectivity index (χ2n) is 10.9. The van der Waals surface area contributed by atoms with Gasteiger partial charge in [0.05, 0.1) is 11.0 Å². The average molecular weight is 468 g/mol. The molecule has 2 aromatic rings. The first-order valence-electron chi connectivity index (χ1n) is 12.9. The largest absolute Gasteiger partial charge is 0.412 e. The molecule has 0 fully saturated rings. The Morgan fingerprint density at radius 3 is 2.35 bits per heavy atom. The van der Waals surface area contributed by atoms with Gasteiger partial charge in [-0.3, -0.25) is 4.79 Å². The van der Waals surface area contributed by atoms with E-state index in [0.717, 1.165) is 43.0 Å². The number of hydrogen-bond donors (Lipinski definition) is 0. The molecule has 0 atom stereocenters. The molecule has 0 unspecified atom stereocenters. The third-order valence-electron chi connectivity index (χ3n) is 6.37. The Kier molecular flexibility index (Phi) is 10.1. The van der Waals surface area contributed by atoms with Gasteiger partial charge in [0.2, 0.25) is 0 Å². The zero-order valence-corrected chi connectivity index (χ0v) is 22.2. The molecule has 5 heteroatoms. The summed E-state index contributed by atoms with van der Waals surface area (Å²) in [6, 6.07) is 6.74. The van der Waals surface area contributed by atoms with E-state index in [0.29, 0.717) is 12.3 Å². The van der Waals surface area contributed by atoms with Crippen molar-refractivity contribution in [2.24, 2.45) is 11.3 Å². The van der Waals surface area contributed by atoms with E-state index in [-0.39, 0.29) is 16.7 Å². The highest BCUT2D eigenvalue weighted by Crippen LogP contribution is 2.34. The summed E-state index contributed by atoms with van der Waals surface area (Å²) in [6.45, 7) is 16.5. The number of rotatable bonds is 11. The second kappa shape index (κ2) is 12.3. The molecular formula is C29H45N3O2. The van der Waals surface area contributed by atoms with E-state index >= 15 is 0 Å². The van der Waals surface area contributed by atoms with Gasteiger partial charge >= 0.3 is 0 Å². The lowest BCUT2D eigenvalue weighted by atomic mass is 9.77. The van der Waals surface area contributed by atoms with Crippen molar-refractivity contribution in [1.82, 2.24) is 9.55 Å². The Bertz CT molecular complexity index is 1010. The first-order valence-corrected chi connectivity index (χ1v) is 12.9. The zero-order valence-electron chi connectivity index (χ0n) is 22.2. The molecule has 1 aliphatic rings. The maximum Gasteiger partial charge on any atom is 0.156 e. The smallest absolute Gasteiger partial charge is 0.156 e. The van der Waals surface area contributed by atoms with Crippen LogP contribution in [0.1, 0.15) is 85.9 Å². The Hall–Kier alpha value is -2.40. The van der Waals surface area contributed by atoms with Gasteiger partial charge in [-0.05, 0) is 66.5 Å². The summed E-state index contributed by atoms with van der Waals surface area (Å²) in [5, 5.41) is 0. The van der Waals surface area contributed by atoms with E-state index in [1.54, 1.807) is 0 Å². The predicted molar refractivity (Wildman–Crippen MR) is 145 cm³/mol. The average Bonchev–Trinajstić information content (AvgIpc) is 3.07. The molecule has 34 heavy (non-hydrogen) atoms. The van der Waals surface area contributed by atoms with Gasteiger partial charge in [-0.2, -0.15) is 0 Å². The number of nitrogens with zero attached hydrogens (tertiary/aromatic N) is 3. The van der Waals surface area contributed by atoms with Crippen LogP contribution in [0.5, 0.6) is 0 Å². The van der Waals surface area contributed by atoms with Crippen LogP contribution in [0, 0.1) is 11.3 Å². The van der Waals surface area contributed by atoms with Crippen LogP contribution in [0.25, 0.3) is 17.1 Å². The highest BCUT2D eigenvalue weighted by atomic mass is 16.1. The van der Waals surface area contributed by atoms with Crippen LogP contribution >= 0.6 is 0 Å². The molecule has 0 saturated heterocycles. The summed E-state index contributed by atoms with van der Waals surface area (Å²) in [5.74, 6) is 1.72. The molecule has 0 aliphatic heterocycles. The van der Waals surface area contributed by atoms with Crippen molar-refractivity contribution in [2.45, 2.75) is 86.6 Å². The zero-order chi connectivity index (χ0) is 24.0. The number of anilines is 1. The molecule has 2 N–H and O–H groups in total. The fourth-order valence-corrected chi connectivity index (χ4v) is 4.76. The summed E-state index contributed by atoms with van der Waals surface area (Å²) in [4.78, 5) is 19.7. The normalized spacial score (nSPS) is 15.7. The number of carbonyl (C=O) groups is 1. The number of fused-ring (bicyclic) bond motifs is 1. The number of hydrogen-bond acceptors (Lipinski definition) is 3. The maximum atomic E-state index is 12.2. The van der Waals surface area contributed by atoms with Crippen LogP contribution < -0.4 is 4.90 Å². The molecule has 5 nitrogen and oxygen atoms in total. The quantitative estimate of drug-likeness (QED) is 0.374. The molecule has 1 aromatic heterocycles. The van der Waals surface area contributed by atoms with Crippen molar-refractivity contribution in [2.75, 3.05) is 18.0 Å². The maximum absolute atomic E-state index is 12.2. The number of benzene rings is 1. The minimum absolute atomic E-state index is 0. The molecular weight excluding hydrogens is 422 g/mol. The first kappa shape index (κ1) is 27.8. The monoisotopic (exact) mass is 467 g/mol. The molecule has 0 amide bonds. The SMILES string of the molecule is CCCCN(CCCC)c1ccc2nc(C=CC3=CC(=O)CC(C)(C)C3)n(CC(C)C)c2c1.O. The molecule has 1 aliphatic carbocycles. The van der Waals surface area contributed by atoms with Crippen LogP contribution in [-0.2, 0) is 11.3 Å². The van der Waals surface area contributed by atoms with E-state index in [9.17, 15) is 4.79 Å². The Labute approximate surface area is 206 Å². The molecule has 0 bridgehead atoms. The summed E-state index contributed by atoms with van der Waals surface area (Å²) in [5.41, 5.74) is 4.67. The summed E-state index contributed by atoms with van der Waals surface area (Å²) >= 11 is 0. The van der Waals surface area contributed by atoms with Crippen LogP contribution in [0.2, 0.25) is 0 Å². The lowest BCUT2D eigenvalue weighted by Crippen LogP contribution is -2.25. The van der Waals surface area contributed by atoms with Gasteiger partial charge in [0.1, 0.15) is 5.82 Å². The standard InChI is InChI=1S/C29H43N3O.H2O/c1-7-9-15-31(16-10-8-2)24-12-13-26-27(18-24)32(21-22(3)4)28(30-26)14-11-23-17-25(33)20-29(5,6)19-23;/h11-14,17-18,22H,7-10,15-16,19-21H2,1-6H3;1H2. The fraction of sp³-hybridized carbons (Fsp3) is 0.586. The third-order valence-corrected chi connectivity index (χ3v) is 6.37. The summed E-state index contributed by atoms with van der Waals surface area (Å²) in [6.07, 6.45) is 12.4. The van der Waals surface area contributed by atoms with Gasteiger partial charge in [0, 0.05) is 31.7 Å². The second-order valence-corrected chi connectivity index (χ2v) is 10.9. The molecule has 3 rings (SSSR count). The Balaban J connectivity index is 0.00000408. The lowest BCUT2D eigenvalue weighted by Gasteiger charge is -2.27. The number of carbonyl (C=O) groups excluding carboxylic acids is 1. The molecule has 0 spiro atoms. The fourth-order valence-electron chi connectivity index (χ4n) is 4.76. The molecule has 188 valence electrons. The Morgan fingerprint density at radius 1 is 1.09 bits per heavy atom. The van der Waals surface area contributed by atoms with Crippen LogP contribution in [0.15, 0.2) is 35.9 Å². The molecule has 1 aromatic carbocycles. The highest BCUT2D eigenvalue weighted by Gasteiger charge is 2.26. The van der Waals surface area contributed by atoms with E-state index in [1.165, 1.54) is 36.9 Å². The van der Waals surface area contributed by atoms with Gasteiger partial charge in [-0.15, -0.1) is 0 Å². The van der Waals surface area contributed by atoms with E-state index in [1.807, 2.05) is 6.08 Å². The van der Waals surface area contributed by atoms with Crippen molar-refractivity contribution < 1.29 is 10.3 Å². The minimum atomic E-state index is 0. The number of imidazole rings is 1. The van der Waals surface area contributed by atoms with Crippen molar-refractivity contribution in [3.8, 4) is 0 Å². The van der Waals surface area contributed by atoms with Crippen molar-refractivity contribution in [1.29, 1.82) is 0 Å². The van der Waals surface area contributed by atoms with Gasteiger partial charge < -0.3 is 14.9 Å². The van der Waals surface area contributed by atoms with Crippen LogP contribution in [0.4, 0.5) is 5.69 Å². The lowest BCUT2D eigenvalue weighted by molar-refractivity contribution is -0.116. The summed E-state index contributed by atoms with van der Waals surface area (Å²) in [7, 11) is 0. The van der Waals surface area contributed by atoms with Crippen molar-refractivity contribution in [3.63, 3.8) is 0 Å². The summed E-state index contributed by atoms with van der Waals surface area (Å²) < 4.78 is 2.36. The number of aromatic nitrogens is 2. The van der Waals surface area contributed by atoms with Crippen molar-refractivity contribution >= 4 is 28.6 Å². The number of allylic oxidation sites excluding steroid dienone is 3. The molecule has 1 heterocycles. The topological polar surface area (TPSA) is 69.6 Å². The number of ketones is 1. The first-order chi connectivity index (χ1) is 15.7. The third kappa shape index (κ3) is 7.30. The Morgan fingerprint density at radius 2 is 1.76 bits per heavy atom. The molecule has 0 radical (unpaired) electrons. The van der Waals surface area contributed by atoms with Gasteiger partial charge in [-0.1, -0.05) is 60.5 Å². The van der Waals surface area contributed by atoms with Crippen LogP contribution in [0.3, 0.4) is 0 Å². The van der Waals surface area contributed by atoms with E-state index in [2.05, 4.69) is 81.4 Å². The minimum Gasteiger partial charge on any atom is -0.412 e. The number of unbranched alkanes of at least 4 members (excludes halogenated alkanes) is 2. The van der Waals surface area contributed by atoms with E-state index in [4.69, 9.17) is 4.98 Å². The predicted octanol–water partition coefficient (Wildman–Crippen LogP) is 6.60. The highest BCUT2D eigenvalue weighted by molar-refractivity contribution is 5.92. The van der Waals surface area contributed by atoms with Crippen LogP contribution in [-0.4, -0.2) is 33.9 Å².